The molecule has 1 rings (SSSR count). The lowest BCUT2D eigenvalue weighted by atomic mass is 10.2. The van der Waals surface area contributed by atoms with Crippen molar-refractivity contribution < 1.29 is 17.9 Å². The van der Waals surface area contributed by atoms with Crippen molar-refractivity contribution in [1.82, 2.24) is 4.98 Å². The number of ether oxygens (including phenoxy) is 1. The van der Waals surface area contributed by atoms with Crippen LogP contribution < -0.4 is 5.32 Å². The summed E-state index contributed by atoms with van der Waals surface area (Å²) in [6.07, 6.45) is -3.48. The molecule has 0 atom stereocenters. The van der Waals surface area contributed by atoms with Crippen LogP contribution in [0.15, 0.2) is 6.20 Å². The number of alkyl halides is 3. The van der Waals surface area contributed by atoms with Gasteiger partial charge in [-0.2, -0.15) is 13.2 Å². The highest BCUT2D eigenvalue weighted by molar-refractivity contribution is 7.15. The summed E-state index contributed by atoms with van der Waals surface area (Å²) in [5.41, 5.74) is 0. The van der Waals surface area contributed by atoms with Crippen molar-refractivity contribution in [3.63, 3.8) is 0 Å². The fourth-order valence-corrected chi connectivity index (χ4v) is 1.75. The SMILES string of the molecule is CC(C)COCCNc1ncc(C(F)(F)F)s1. The first kappa shape index (κ1) is 14.2. The van der Waals surface area contributed by atoms with E-state index in [4.69, 9.17) is 4.74 Å². The number of hydrogen-bond donors (Lipinski definition) is 1. The predicted octanol–water partition coefficient (Wildman–Crippen LogP) is 3.25. The Morgan fingerprint density at radius 3 is 2.71 bits per heavy atom. The Bertz CT molecular complexity index is 339. The maximum absolute atomic E-state index is 12.3. The summed E-state index contributed by atoms with van der Waals surface area (Å²) < 4.78 is 42.0. The standard InChI is InChI=1S/C10H15F3N2OS/c1-7(2)6-16-4-3-14-9-15-5-8(17-9)10(11,12)13/h5,7H,3-4,6H2,1-2H3,(H,14,15). The third-order valence-electron chi connectivity index (χ3n) is 1.76. The summed E-state index contributed by atoms with van der Waals surface area (Å²) in [5.74, 6) is 0.451. The maximum atomic E-state index is 12.3. The highest BCUT2D eigenvalue weighted by atomic mass is 32.1. The molecule has 0 aliphatic rings. The number of nitrogens with one attached hydrogen (secondary N) is 1. The van der Waals surface area contributed by atoms with Gasteiger partial charge >= 0.3 is 6.18 Å². The van der Waals surface area contributed by atoms with Crippen molar-refractivity contribution in [1.29, 1.82) is 0 Å². The highest BCUT2D eigenvalue weighted by Gasteiger charge is 2.33. The first-order chi connectivity index (χ1) is 7.89. The van der Waals surface area contributed by atoms with E-state index >= 15 is 0 Å². The quantitative estimate of drug-likeness (QED) is 0.804. The highest BCUT2D eigenvalue weighted by Crippen LogP contribution is 2.34. The molecule has 1 heterocycles. The molecule has 0 unspecified atom stereocenters. The van der Waals surface area contributed by atoms with E-state index in [0.29, 0.717) is 37.0 Å². The molecule has 3 nitrogen and oxygen atoms in total. The Hall–Kier alpha value is -0.820. The molecule has 0 aliphatic carbocycles. The van der Waals surface area contributed by atoms with Gasteiger partial charge in [0, 0.05) is 13.2 Å². The third kappa shape index (κ3) is 5.36. The second kappa shape index (κ2) is 6.20. The lowest BCUT2D eigenvalue weighted by Crippen LogP contribution is -2.11. The molecule has 0 bridgehead atoms. The van der Waals surface area contributed by atoms with Gasteiger partial charge in [-0.15, -0.1) is 0 Å². The summed E-state index contributed by atoms with van der Waals surface area (Å²) >= 11 is 0.601. The molecule has 0 saturated carbocycles. The molecule has 0 aromatic carbocycles. The lowest BCUT2D eigenvalue weighted by Gasteiger charge is -2.06. The predicted molar refractivity (Wildman–Crippen MR) is 61.3 cm³/mol. The van der Waals surface area contributed by atoms with E-state index in [-0.39, 0.29) is 5.13 Å². The molecule has 0 amide bonds. The molecular formula is C10H15F3N2OS. The second-order valence-corrected chi connectivity index (χ2v) is 4.95. The average molecular weight is 268 g/mol. The Kier molecular flexibility index (Phi) is 5.20. The fourth-order valence-electron chi connectivity index (χ4n) is 1.04. The van der Waals surface area contributed by atoms with Crippen LogP contribution in [0, 0.1) is 5.92 Å². The normalized spacial score (nSPS) is 12.1. The smallest absolute Gasteiger partial charge is 0.379 e. The van der Waals surface area contributed by atoms with E-state index in [1.807, 2.05) is 13.8 Å². The molecule has 1 aromatic rings. The Labute approximate surface area is 102 Å². The number of rotatable bonds is 6. The van der Waals surface area contributed by atoms with Crippen LogP contribution in [-0.4, -0.2) is 24.7 Å². The van der Waals surface area contributed by atoms with Gasteiger partial charge in [0.2, 0.25) is 0 Å². The van der Waals surface area contributed by atoms with Crippen molar-refractivity contribution in [3.8, 4) is 0 Å². The van der Waals surface area contributed by atoms with Gasteiger partial charge in [-0.3, -0.25) is 0 Å². The van der Waals surface area contributed by atoms with Crippen LogP contribution in [0.3, 0.4) is 0 Å². The van der Waals surface area contributed by atoms with Gasteiger partial charge in [0.1, 0.15) is 4.88 Å². The van der Waals surface area contributed by atoms with Gasteiger partial charge in [-0.05, 0) is 5.92 Å². The van der Waals surface area contributed by atoms with E-state index in [9.17, 15) is 13.2 Å². The van der Waals surface area contributed by atoms with Crippen molar-refractivity contribution >= 4 is 16.5 Å². The molecule has 0 fully saturated rings. The monoisotopic (exact) mass is 268 g/mol. The molecular weight excluding hydrogens is 253 g/mol. The van der Waals surface area contributed by atoms with Gasteiger partial charge < -0.3 is 10.1 Å². The van der Waals surface area contributed by atoms with E-state index in [1.54, 1.807) is 0 Å². The molecule has 1 N–H and O–H groups in total. The summed E-state index contributed by atoms with van der Waals surface area (Å²) in [6, 6.07) is 0. The molecule has 0 spiro atoms. The van der Waals surface area contributed by atoms with E-state index < -0.39 is 11.1 Å². The molecule has 0 radical (unpaired) electrons. The fraction of sp³-hybridized carbons (Fsp3) is 0.700. The van der Waals surface area contributed by atoms with Crippen LogP contribution in [0.25, 0.3) is 0 Å². The van der Waals surface area contributed by atoms with Crippen LogP contribution in [0.2, 0.25) is 0 Å². The number of hydrogen-bond acceptors (Lipinski definition) is 4. The first-order valence-corrected chi connectivity index (χ1v) is 6.06. The number of thiazole rings is 1. The number of aromatic nitrogens is 1. The van der Waals surface area contributed by atoms with Crippen LogP contribution in [0.1, 0.15) is 18.7 Å². The lowest BCUT2D eigenvalue weighted by molar-refractivity contribution is -0.134. The van der Waals surface area contributed by atoms with Gasteiger partial charge in [-0.25, -0.2) is 4.98 Å². The molecule has 0 saturated heterocycles. The van der Waals surface area contributed by atoms with Crippen molar-refractivity contribution in [2.45, 2.75) is 20.0 Å². The summed E-state index contributed by atoms with van der Waals surface area (Å²) in [4.78, 5) is 2.96. The van der Waals surface area contributed by atoms with Gasteiger partial charge in [-0.1, -0.05) is 25.2 Å². The van der Waals surface area contributed by atoms with Crippen LogP contribution in [-0.2, 0) is 10.9 Å². The van der Waals surface area contributed by atoms with Gasteiger partial charge in [0.25, 0.3) is 0 Å². The zero-order valence-electron chi connectivity index (χ0n) is 9.67. The minimum absolute atomic E-state index is 0.269. The zero-order chi connectivity index (χ0) is 12.9. The maximum Gasteiger partial charge on any atom is 0.427 e. The van der Waals surface area contributed by atoms with Crippen LogP contribution >= 0.6 is 11.3 Å². The second-order valence-electron chi connectivity index (χ2n) is 3.92. The van der Waals surface area contributed by atoms with Crippen LogP contribution in [0.5, 0.6) is 0 Å². The van der Waals surface area contributed by atoms with Crippen molar-refractivity contribution in [3.05, 3.63) is 11.1 Å². The zero-order valence-corrected chi connectivity index (χ0v) is 10.5. The average Bonchev–Trinajstić information content (AvgIpc) is 2.64. The summed E-state index contributed by atoms with van der Waals surface area (Å²) in [5, 5.41) is 3.06. The van der Waals surface area contributed by atoms with E-state index in [1.165, 1.54) is 0 Å². The Balaban J connectivity index is 2.26. The first-order valence-electron chi connectivity index (χ1n) is 5.24. The summed E-state index contributed by atoms with van der Waals surface area (Å²) in [6.45, 7) is 5.62. The molecule has 17 heavy (non-hydrogen) atoms. The molecule has 98 valence electrons. The molecule has 0 aliphatic heterocycles. The van der Waals surface area contributed by atoms with E-state index in [2.05, 4.69) is 10.3 Å². The number of nitrogens with zero attached hydrogens (tertiary/aromatic N) is 1. The summed E-state index contributed by atoms with van der Waals surface area (Å²) in [7, 11) is 0. The van der Waals surface area contributed by atoms with Crippen molar-refractivity contribution in [2.24, 2.45) is 5.92 Å². The molecule has 7 heteroatoms. The van der Waals surface area contributed by atoms with Gasteiger partial charge in [0.05, 0.1) is 12.8 Å². The minimum Gasteiger partial charge on any atom is -0.379 e. The minimum atomic E-state index is -4.31. The Morgan fingerprint density at radius 1 is 1.47 bits per heavy atom. The van der Waals surface area contributed by atoms with E-state index in [0.717, 1.165) is 6.20 Å². The van der Waals surface area contributed by atoms with Crippen molar-refractivity contribution in [2.75, 3.05) is 25.1 Å². The van der Waals surface area contributed by atoms with Gasteiger partial charge in [0.15, 0.2) is 5.13 Å². The molecule has 1 aromatic heterocycles. The van der Waals surface area contributed by atoms with Crippen LogP contribution in [0.4, 0.5) is 18.3 Å². The number of halogens is 3. The largest absolute Gasteiger partial charge is 0.427 e. The topological polar surface area (TPSA) is 34.1 Å². The Morgan fingerprint density at radius 2 is 2.18 bits per heavy atom. The third-order valence-corrected chi connectivity index (χ3v) is 2.76. The number of anilines is 1.